The average molecular weight is 357 g/mol. The first-order valence-electron chi connectivity index (χ1n) is 7.58. The van der Waals surface area contributed by atoms with Crippen LogP contribution in [0.15, 0.2) is 16.6 Å². The molecule has 2 rings (SSSR count). The normalized spacial score (nSPS) is 17.1. The Bertz CT molecular complexity index is 462. The number of ether oxygens (including phenoxy) is 1. The third-order valence-electron chi connectivity index (χ3n) is 3.90. The molecule has 0 radical (unpaired) electrons. The molecule has 2 N–H and O–H groups in total. The van der Waals surface area contributed by atoms with Gasteiger partial charge in [-0.1, -0.05) is 6.92 Å². The van der Waals surface area contributed by atoms with Crippen LogP contribution in [0, 0.1) is 5.92 Å². The molecular weight excluding hydrogens is 332 g/mol. The Labute approximate surface area is 135 Å². The van der Waals surface area contributed by atoms with Crippen LogP contribution in [0.4, 0.5) is 0 Å². The van der Waals surface area contributed by atoms with Crippen molar-refractivity contribution in [2.45, 2.75) is 26.3 Å². The molecule has 1 aliphatic heterocycles. The van der Waals surface area contributed by atoms with Crippen molar-refractivity contribution >= 4 is 15.9 Å². The van der Waals surface area contributed by atoms with E-state index in [1.54, 1.807) is 7.11 Å². The highest BCUT2D eigenvalue weighted by Crippen LogP contribution is 2.35. The number of methoxy groups -OCH3 is 1. The highest BCUT2D eigenvalue weighted by molar-refractivity contribution is 9.10. The summed E-state index contributed by atoms with van der Waals surface area (Å²) in [6.45, 7) is 7.75. The third kappa shape index (κ3) is 4.87. The number of likely N-dealkylation sites (tertiary alicyclic amines) is 1. The first-order valence-corrected chi connectivity index (χ1v) is 8.38. The monoisotopic (exact) mass is 356 g/mol. The molecule has 1 heterocycles. The Balaban J connectivity index is 1.78. The second-order valence-electron chi connectivity index (χ2n) is 5.87. The van der Waals surface area contributed by atoms with Gasteiger partial charge < -0.3 is 20.1 Å². The molecule has 1 saturated heterocycles. The van der Waals surface area contributed by atoms with Gasteiger partial charge in [-0.25, -0.2) is 0 Å². The summed E-state index contributed by atoms with van der Waals surface area (Å²) in [4.78, 5) is 2.55. The number of halogens is 1. The topological polar surface area (TPSA) is 44.7 Å². The van der Waals surface area contributed by atoms with Crippen LogP contribution in [0.3, 0.4) is 0 Å². The lowest BCUT2D eigenvalue weighted by molar-refractivity contribution is 0.282. The van der Waals surface area contributed by atoms with Crippen LogP contribution in [0.1, 0.15) is 25.3 Å². The smallest absolute Gasteiger partial charge is 0.172 e. The van der Waals surface area contributed by atoms with E-state index in [-0.39, 0.29) is 5.75 Å². The minimum Gasteiger partial charge on any atom is -0.503 e. The van der Waals surface area contributed by atoms with Crippen molar-refractivity contribution < 1.29 is 9.84 Å². The quantitative estimate of drug-likeness (QED) is 0.788. The molecule has 0 saturated carbocycles. The Hall–Kier alpha value is -0.780. The summed E-state index contributed by atoms with van der Waals surface area (Å²) in [6.07, 6.45) is 2.70. The molecule has 1 atom stereocenters. The SMILES string of the molecule is COc1cc(CNCC(C)CN2CCCC2)cc(Br)c1O. The summed E-state index contributed by atoms with van der Waals surface area (Å²) in [7, 11) is 1.57. The molecule has 0 spiro atoms. The summed E-state index contributed by atoms with van der Waals surface area (Å²) in [6, 6.07) is 3.80. The first kappa shape index (κ1) is 16.6. The molecule has 1 aliphatic rings. The van der Waals surface area contributed by atoms with Gasteiger partial charge in [-0.15, -0.1) is 0 Å². The number of hydrogen-bond donors (Lipinski definition) is 2. The van der Waals surface area contributed by atoms with Crippen LogP contribution in [0.25, 0.3) is 0 Å². The molecule has 1 unspecified atom stereocenters. The minimum atomic E-state index is 0.156. The standard InChI is InChI=1S/C16H25BrN2O2/c1-12(11-19-5-3-4-6-19)9-18-10-13-7-14(17)16(20)15(8-13)21-2/h7-8,12,18,20H,3-6,9-11H2,1-2H3. The number of phenolic OH excluding ortho intramolecular Hbond substituents is 1. The van der Waals surface area contributed by atoms with Crippen LogP contribution in [-0.4, -0.2) is 43.3 Å². The van der Waals surface area contributed by atoms with Crippen LogP contribution in [-0.2, 0) is 6.54 Å². The van der Waals surface area contributed by atoms with Gasteiger partial charge in [0.15, 0.2) is 11.5 Å². The van der Waals surface area contributed by atoms with Gasteiger partial charge in [0.05, 0.1) is 11.6 Å². The van der Waals surface area contributed by atoms with E-state index in [1.165, 1.54) is 32.5 Å². The number of hydrogen-bond acceptors (Lipinski definition) is 4. The van der Waals surface area contributed by atoms with Gasteiger partial charge >= 0.3 is 0 Å². The zero-order valence-corrected chi connectivity index (χ0v) is 14.4. The van der Waals surface area contributed by atoms with E-state index < -0.39 is 0 Å². The van der Waals surface area contributed by atoms with Gasteiger partial charge in [-0.3, -0.25) is 0 Å². The number of rotatable bonds is 7. The largest absolute Gasteiger partial charge is 0.503 e. The molecule has 118 valence electrons. The lowest BCUT2D eigenvalue weighted by Crippen LogP contribution is -2.31. The van der Waals surface area contributed by atoms with Gasteiger partial charge in [0.2, 0.25) is 0 Å². The molecule has 0 aromatic heterocycles. The number of benzene rings is 1. The van der Waals surface area contributed by atoms with Gasteiger partial charge in [-0.2, -0.15) is 0 Å². The Kier molecular flexibility index (Phi) is 6.33. The van der Waals surface area contributed by atoms with Crippen molar-refractivity contribution in [1.82, 2.24) is 10.2 Å². The Morgan fingerprint density at radius 2 is 2.10 bits per heavy atom. The zero-order chi connectivity index (χ0) is 15.2. The van der Waals surface area contributed by atoms with Crippen LogP contribution >= 0.6 is 15.9 Å². The molecule has 1 fully saturated rings. The van der Waals surface area contributed by atoms with E-state index in [2.05, 4.69) is 33.1 Å². The molecule has 5 heteroatoms. The minimum absolute atomic E-state index is 0.156. The maximum atomic E-state index is 9.80. The van der Waals surface area contributed by atoms with Crippen molar-refractivity contribution in [3.05, 3.63) is 22.2 Å². The van der Waals surface area contributed by atoms with Crippen LogP contribution < -0.4 is 10.1 Å². The van der Waals surface area contributed by atoms with Gasteiger partial charge in [0.25, 0.3) is 0 Å². The second-order valence-corrected chi connectivity index (χ2v) is 6.73. The van der Waals surface area contributed by atoms with Gasteiger partial charge in [-0.05, 0) is 72.0 Å². The lowest BCUT2D eigenvalue weighted by atomic mass is 10.1. The highest BCUT2D eigenvalue weighted by Gasteiger charge is 2.14. The van der Waals surface area contributed by atoms with E-state index in [0.717, 1.165) is 18.7 Å². The predicted octanol–water partition coefficient (Wildman–Crippen LogP) is 2.98. The number of phenols is 1. The predicted molar refractivity (Wildman–Crippen MR) is 88.9 cm³/mol. The van der Waals surface area contributed by atoms with Crippen LogP contribution in [0.2, 0.25) is 0 Å². The van der Waals surface area contributed by atoms with Crippen molar-refractivity contribution in [3.8, 4) is 11.5 Å². The van der Waals surface area contributed by atoms with E-state index in [9.17, 15) is 5.11 Å². The zero-order valence-electron chi connectivity index (χ0n) is 12.9. The Morgan fingerprint density at radius 1 is 1.38 bits per heavy atom. The number of aromatic hydroxyl groups is 1. The van der Waals surface area contributed by atoms with E-state index >= 15 is 0 Å². The third-order valence-corrected chi connectivity index (χ3v) is 4.50. The summed E-state index contributed by atoms with van der Waals surface area (Å²) in [5.41, 5.74) is 1.10. The van der Waals surface area contributed by atoms with E-state index in [4.69, 9.17) is 4.74 Å². The average Bonchev–Trinajstić information content (AvgIpc) is 2.95. The van der Waals surface area contributed by atoms with Gasteiger partial charge in [0, 0.05) is 13.1 Å². The molecule has 0 bridgehead atoms. The van der Waals surface area contributed by atoms with Crippen molar-refractivity contribution in [3.63, 3.8) is 0 Å². The first-order chi connectivity index (χ1) is 10.1. The van der Waals surface area contributed by atoms with Crippen molar-refractivity contribution in [2.75, 3.05) is 33.3 Å². The van der Waals surface area contributed by atoms with Crippen molar-refractivity contribution in [1.29, 1.82) is 0 Å². The summed E-state index contributed by atoms with van der Waals surface area (Å²) in [5.74, 6) is 1.31. The fourth-order valence-electron chi connectivity index (χ4n) is 2.82. The molecule has 0 amide bonds. The lowest BCUT2D eigenvalue weighted by Gasteiger charge is -2.20. The van der Waals surface area contributed by atoms with Crippen LogP contribution in [0.5, 0.6) is 11.5 Å². The molecular formula is C16H25BrN2O2. The summed E-state index contributed by atoms with van der Waals surface area (Å²) in [5, 5.41) is 13.3. The molecule has 1 aromatic carbocycles. The summed E-state index contributed by atoms with van der Waals surface area (Å²) >= 11 is 3.35. The van der Waals surface area contributed by atoms with Gasteiger partial charge in [0.1, 0.15) is 0 Å². The Morgan fingerprint density at radius 3 is 2.76 bits per heavy atom. The fraction of sp³-hybridized carbons (Fsp3) is 0.625. The summed E-state index contributed by atoms with van der Waals surface area (Å²) < 4.78 is 5.84. The number of nitrogens with zero attached hydrogens (tertiary/aromatic N) is 1. The maximum Gasteiger partial charge on any atom is 0.172 e. The van der Waals surface area contributed by atoms with E-state index in [1.807, 2.05) is 12.1 Å². The molecule has 4 nitrogen and oxygen atoms in total. The fourth-order valence-corrected chi connectivity index (χ4v) is 3.31. The second kappa shape index (κ2) is 8.01. The maximum absolute atomic E-state index is 9.80. The molecule has 0 aliphatic carbocycles. The number of nitrogens with one attached hydrogen (secondary N) is 1. The molecule has 21 heavy (non-hydrogen) atoms. The highest BCUT2D eigenvalue weighted by atomic mass is 79.9. The molecule has 1 aromatic rings. The van der Waals surface area contributed by atoms with Crippen molar-refractivity contribution in [2.24, 2.45) is 5.92 Å². The van der Waals surface area contributed by atoms with E-state index in [0.29, 0.717) is 16.1 Å².